The zero-order valence-corrected chi connectivity index (χ0v) is 23.7. The number of rotatable bonds is 13. The highest BCUT2D eigenvalue weighted by molar-refractivity contribution is 9.10. The summed E-state index contributed by atoms with van der Waals surface area (Å²) >= 11 is 9.89. The van der Waals surface area contributed by atoms with Gasteiger partial charge in [-0.05, 0) is 48.4 Å². The fraction of sp³-hybridized carbons (Fsp3) is 0.267. The van der Waals surface area contributed by atoms with Crippen molar-refractivity contribution in [2.24, 2.45) is 4.99 Å². The highest BCUT2D eigenvalue weighted by Gasteiger charge is 2.53. The van der Waals surface area contributed by atoms with Gasteiger partial charge >= 0.3 is 0 Å². The van der Waals surface area contributed by atoms with E-state index in [-0.39, 0.29) is 18.9 Å². The zero-order chi connectivity index (χ0) is 27.7. The minimum atomic E-state index is -1.30. The molecule has 1 aliphatic rings. The average molecular weight is 613 g/mol. The minimum Gasteiger partial charge on any atom is -0.494 e. The van der Waals surface area contributed by atoms with E-state index in [9.17, 15) is 4.79 Å². The highest BCUT2D eigenvalue weighted by Crippen LogP contribution is 2.44. The first-order chi connectivity index (χ1) is 19.0. The number of carbonyl (C=O) groups is 1. The number of aliphatic hydroxyl groups excluding tert-OH is 1. The molecule has 9 heteroatoms. The third kappa shape index (κ3) is 6.89. The van der Waals surface area contributed by atoms with Crippen LogP contribution in [-0.4, -0.2) is 42.2 Å². The molecular formula is C30H31BrClN3O4. The van der Waals surface area contributed by atoms with Gasteiger partial charge in [-0.15, -0.1) is 6.58 Å². The summed E-state index contributed by atoms with van der Waals surface area (Å²) < 4.78 is 12.9. The van der Waals surface area contributed by atoms with Crippen LogP contribution in [0.1, 0.15) is 35.6 Å². The minimum absolute atomic E-state index is 0.0709. The van der Waals surface area contributed by atoms with E-state index < -0.39 is 11.6 Å². The second-order valence-corrected chi connectivity index (χ2v) is 10.3. The summed E-state index contributed by atoms with van der Waals surface area (Å²) in [5.41, 5.74) is 7.08. The summed E-state index contributed by atoms with van der Waals surface area (Å²) in [4.78, 5) is 18.7. The van der Waals surface area contributed by atoms with Crippen LogP contribution in [0.25, 0.3) is 0 Å². The number of nitrogens with one attached hydrogen (secondary N) is 2. The first-order valence-corrected chi connectivity index (χ1v) is 13.9. The van der Waals surface area contributed by atoms with Crippen LogP contribution in [0.15, 0.2) is 94.9 Å². The molecule has 204 valence electrons. The molecule has 0 spiro atoms. The molecule has 0 saturated heterocycles. The van der Waals surface area contributed by atoms with Crippen LogP contribution >= 0.6 is 27.5 Å². The number of nitrogens with zero attached hydrogens (tertiary/aromatic N) is 1. The van der Waals surface area contributed by atoms with Crippen molar-refractivity contribution in [2.45, 2.75) is 30.9 Å². The Hall–Kier alpha value is -3.17. The number of hydrogen-bond acceptors (Lipinski definition) is 6. The van der Waals surface area contributed by atoms with Crippen molar-refractivity contribution >= 4 is 39.3 Å². The van der Waals surface area contributed by atoms with Crippen molar-refractivity contribution in [1.82, 2.24) is 10.9 Å². The van der Waals surface area contributed by atoms with Gasteiger partial charge in [0.25, 0.3) is 5.91 Å². The summed E-state index contributed by atoms with van der Waals surface area (Å²) in [7, 11) is 0. The normalized spacial score (nSPS) is 18.2. The summed E-state index contributed by atoms with van der Waals surface area (Å²) in [6, 6.07) is 22.6. The van der Waals surface area contributed by atoms with E-state index in [4.69, 9.17) is 31.2 Å². The van der Waals surface area contributed by atoms with Crippen LogP contribution in [0.3, 0.4) is 0 Å². The van der Waals surface area contributed by atoms with E-state index in [0.29, 0.717) is 48.2 Å². The molecule has 0 aliphatic carbocycles. The number of carbonyl (C=O) groups excluding carboxylic acids is 1. The Balaban J connectivity index is 1.58. The number of hydrogen-bond donors (Lipinski definition) is 3. The SMILES string of the molecule is C=CC[C@]1(C(=O)NNCCc2ccccc2Cl)N=C(c2ccc(OCCCO)cc2)O[C@H]1c1ccccc1Br. The monoisotopic (exact) mass is 611 g/mol. The van der Waals surface area contributed by atoms with Crippen molar-refractivity contribution in [3.63, 3.8) is 0 Å². The maximum absolute atomic E-state index is 13.8. The number of hydrazine groups is 1. The number of amides is 1. The molecule has 0 aromatic heterocycles. The van der Waals surface area contributed by atoms with Crippen LogP contribution in [0.4, 0.5) is 0 Å². The molecule has 0 saturated carbocycles. The molecule has 1 heterocycles. The van der Waals surface area contributed by atoms with Gasteiger partial charge in [-0.1, -0.05) is 70.0 Å². The lowest BCUT2D eigenvalue weighted by Gasteiger charge is -2.30. The Labute approximate surface area is 242 Å². The van der Waals surface area contributed by atoms with Crippen molar-refractivity contribution in [3.8, 4) is 5.75 Å². The fourth-order valence-corrected chi connectivity index (χ4v) is 5.07. The molecule has 3 aromatic carbocycles. The van der Waals surface area contributed by atoms with Gasteiger partial charge in [-0.2, -0.15) is 0 Å². The summed E-state index contributed by atoms with van der Waals surface area (Å²) in [6.07, 6.45) is 2.42. The van der Waals surface area contributed by atoms with Gasteiger partial charge in [0, 0.05) is 46.6 Å². The standard InChI is InChI=1S/C30H31BrClN3O4/c1-2-17-30(29(37)35-33-18-16-21-8-3-6-11-26(21)32)27(24-9-4-5-10-25(24)31)39-28(34-30)22-12-14-23(15-13-22)38-20-7-19-36/h2-6,8-15,27,33,36H,1,7,16-20H2,(H,35,37)/t27-,30-/m0/s1. The van der Waals surface area contributed by atoms with Gasteiger partial charge in [0.05, 0.1) is 6.61 Å². The Morgan fingerprint density at radius 1 is 1.15 bits per heavy atom. The largest absolute Gasteiger partial charge is 0.494 e. The van der Waals surface area contributed by atoms with Crippen molar-refractivity contribution < 1.29 is 19.4 Å². The van der Waals surface area contributed by atoms with Gasteiger partial charge in [0.1, 0.15) is 5.75 Å². The van der Waals surface area contributed by atoms with Crippen LogP contribution in [0.5, 0.6) is 5.75 Å². The van der Waals surface area contributed by atoms with Gasteiger partial charge in [0.2, 0.25) is 5.90 Å². The first-order valence-electron chi connectivity index (χ1n) is 12.7. The maximum atomic E-state index is 13.8. The number of halogens is 2. The lowest BCUT2D eigenvalue weighted by Crippen LogP contribution is -2.52. The Bertz CT molecular complexity index is 1320. The molecule has 4 rings (SSSR count). The number of ether oxygens (including phenoxy) is 2. The molecule has 3 N–H and O–H groups in total. The van der Waals surface area contributed by atoms with E-state index in [1.807, 2.05) is 72.8 Å². The topological polar surface area (TPSA) is 92.2 Å². The summed E-state index contributed by atoms with van der Waals surface area (Å²) in [5, 5.41) is 9.66. The number of aliphatic hydroxyl groups is 1. The number of aliphatic imine (C=N–C) groups is 1. The van der Waals surface area contributed by atoms with E-state index in [0.717, 1.165) is 15.6 Å². The van der Waals surface area contributed by atoms with Gasteiger partial charge in [-0.25, -0.2) is 10.4 Å². The molecule has 1 amide bonds. The quantitative estimate of drug-likeness (QED) is 0.134. The molecule has 0 radical (unpaired) electrons. The zero-order valence-electron chi connectivity index (χ0n) is 21.4. The van der Waals surface area contributed by atoms with Crippen molar-refractivity contribution in [2.75, 3.05) is 19.8 Å². The van der Waals surface area contributed by atoms with Gasteiger partial charge < -0.3 is 14.6 Å². The van der Waals surface area contributed by atoms with Crippen LogP contribution in [0.2, 0.25) is 5.02 Å². The average Bonchev–Trinajstić information content (AvgIpc) is 3.33. The van der Waals surface area contributed by atoms with Crippen molar-refractivity contribution in [1.29, 1.82) is 0 Å². The summed E-state index contributed by atoms with van der Waals surface area (Å²) in [6.45, 7) is 4.88. The third-order valence-electron chi connectivity index (χ3n) is 6.35. The van der Waals surface area contributed by atoms with E-state index >= 15 is 0 Å². The van der Waals surface area contributed by atoms with Gasteiger partial charge in [-0.3, -0.25) is 10.2 Å². The molecule has 0 fully saturated rings. The second kappa shape index (κ2) is 13.8. The molecule has 39 heavy (non-hydrogen) atoms. The molecule has 0 unspecified atom stereocenters. The first kappa shape index (κ1) is 28.8. The molecular weight excluding hydrogens is 582 g/mol. The van der Waals surface area contributed by atoms with Gasteiger partial charge in [0.15, 0.2) is 11.6 Å². The lowest BCUT2D eigenvalue weighted by atomic mass is 9.84. The van der Waals surface area contributed by atoms with Crippen LogP contribution in [-0.2, 0) is 16.0 Å². The van der Waals surface area contributed by atoms with E-state index in [1.165, 1.54) is 0 Å². The summed E-state index contributed by atoms with van der Waals surface area (Å²) in [5.74, 6) is 0.693. The van der Waals surface area contributed by atoms with Crippen LogP contribution < -0.4 is 15.6 Å². The second-order valence-electron chi connectivity index (χ2n) is 9.03. The molecule has 0 bridgehead atoms. The molecule has 1 aliphatic heterocycles. The molecule has 7 nitrogen and oxygen atoms in total. The smallest absolute Gasteiger partial charge is 0.266 e. The Morgan fingerprint density at radius 2 is 1.90 bits per heavy atom. The third-order valence-corrected chi connectivity index (χ3v) is 7.44. The Kier molecular flexibility index (Phi) is 10.2. The Morgan fingerprint density at radius 3 is 2.62 bits per heavy atom. The highest BCUT2D eigenvalue weighted by atomic mass is 79.9. The maximum Gasteiger partial charge on any atom is 0.266 e. The molecule has 3 aromatic rings. The van der Waals surface area contributed by atoms with E-state index in [1.54, 1.807) is 6.08 Å². The predicted molar refractivity (Wildman–Crippen MR) is 157 cm³/mol. The fourth-order valence-electron chi connectivity index (χ4n) is 4.35. The number of benzene rings is 3. The van der Waals surface area contributed by atoms with Crippen molar-refractivity contribution in [3.05, 3.63) is 112 Å². The predicted octanol–water partition coefficient (Wildman–Crippen LogP) is 5.56. The van der Waals surface area contributed by atoms with E-state index in [2.05, 4.69) is 33.4 Å². The molecule has 2 atom stereocenters. The van der Waals surface area contributed by atoms with Crippen LogP contribution in [0, 0.1) is 0 Å². The lowest BCUT2D eigenvalue weighted by molar-refractivity contribution is -0.129.